The maximum atomic E-state index is 14.1. The fourth-order valence-corrected chi connectivity index (χ4v) is 8.67. The Labute approximate surface area is 359 Å². The first kappa shape index (κ1) is 48.3. The van der Waals surface area contributed by atoms with Gasteiger partial charge in [0, 0.05) is 0 Å². The predicted molar refractivity (Wildman–Crippen MR) is 244 cm³/mol. The van der Waals surface area contributed by atoms with E-state index in [1.807, 2.05) is 50.2 Å². The number of carbonyl (C=O) groups is 1. The Balaban J connectivity index is 1.12. The lowest BCUT2D eigenvalue weighted by Gasteiger charge is -2.37. The Morgan fingerprint density at radius 2 is 0.763 bits per heavy atom. The lowest BCUT2D eigenvalue weighted by Crippen LogP contribution is -2.44. The average molecular weight is 811 g/mol. The summed E-state index contributed by atoms with van der Waals surface area (Å²) in [6.45, 7) is 10.0. The number of benzene rings is 3. The van der Waals surface area contributed by atoms with E-state index in [9.17, 15) is 10.0 Å². The first-order valence-corrected chi connectivity index (χ1v) is 24.1. The second-order valence-electron chi connectivity index (χ2n) is 17.8. The molecule has 0 spiro atoms. The summed E-state index contributed by atoms with van der Waals surface area (Å²) >= 11 is 0. The minimum atomic E-state index is -0.704. The number of ether oxygens (including phenoxy) is 3. The van der Waals surface area contributed by atoms with Crippen molar-refractivity contribution in [1.29, 1.82) is 0 Å². The van der Waals surface area contributed by atoms with Crippen LogP contribution in [-0.4, -0.2) is 24.2 Å². The van der Waals surface area contributed by atoms with E-state index in [2.05, 4.69) is 26.0 Å². The molecule has 1 aliphatic heterocycles. The number of carbonyl (C=O) groups excluding carboxylic acids is 1. The van der Waals surface area contributed by atoms with E-state index >= 15 is 0 Å². The third kappa shape index (κ3) is 16.6. The van der Waals surface area contributed by atoms with Gasteiger partial charge in [0.2, 0.25) is 0 Å². The third-order valence-electron chi connectivity index (χ3n) is 12.8. The molecule has 4 rings (SSSR count). The summed E-state index contributed by atoms with van der Waals surface area (Å²) in [5, 5.41) is 15.4. The summed E-state index contributed by atoms with van der Waals surface area (Å²) in [7, 11) is 0. The normalized spacial score (nSPS) is 18.0. The summed E-state index contributed by atoms with van der Waals surface area (Å²) in [5.41, 5.74) is 1.02. The van der Waals surface area contributed by atoms with E-state index in [-0.39, 0.29) is 0 Å². The molecular weight excluding hydrogens is 731 g/mol. The van der Waals surface area contributed by atoms with Crippen molar-refractivity contribution in [3.63, 3.8) is 0 Å². The molecule has 0 bridgehead atoms. The van der Waals surface area contributed by atoms with Crippen LogP contribution in [0.5, 0.6) is 17.2 Å². The number of nitrogens with zero attached hydrogens (tertiary/aromatic N) is 1. The number of unbranched alkanes of at least 4 members (excludes halogenated alkanes) is 22. The van der Waals surface area contributed by atoms with Crippen LogP contribution in [0.25, 0.3) is 0 Å². The molecular formula is C53H80NO5. The summed E-state index contributed by atoms with van der Waals surface area (Å²) in [4.78, 5) is 13.0. The summed E-state index contributed by atoms with van der Waals surface area (Å²) in [6.07, 6.45) is 33.2. The molecule has 0 unspecified atom stereocenters. The molecule has 3 aromatic carbocycles. The Morgan fingerprint density at radius 1 is 0.458 bits per heavy atom. The molecule has 1 heterocycles. The van der Waals surface area contributed by atoms with E-state index in [1.165, 1.54) is 146 Å². The van der Waals surface area contributed by atoms with Crippen LogP contribution in [0.2, 0.25) is 0 Å². The molecule has 0 aliphatic carbocycles. The molecule has 0 saturated carbocycles. The van der Waals surface area contributed by atoms with Crippen molar-refractivity contribution >= 4 is 5.97 Å². The van der Waals surface area contributed by atoms with E-state index < -0.39 is 17.0 Å². The molecule has 0 amide bonds. The van der Waals surface area contributed by atoms with Crippen LogP contribution < -0.4 is 14.2 Å². The molecule has 1 fully saturated rings. The van der Waals surface area contributed by atoms with Gasteiger partial charge in [-0.3, -0.25) is 0 Å². The topological polar surface area (TPSA) is 67.9 Å². The predicted octanol–water partition coefficient (Wildman–Crippen LogP) is 15.6. The van der Waals surface area contributed by atoms with Crippen LogP contribution in [0.4, 0.5) is 0 Å². The molecule has 327 valence electrons. The quantitative estimate of drug-likeness (QED) is 0.0357. The standard InChI is InChI=1S/C53H80NO5/c1-5-7-9-11-13-15-17-19-21-23-25-27-43-57-48-35-29-45(30-36-48)51(55)59-50-39-33-47(34-40-50)53(4)42-41-52(3,54(53)56)46-31-37-49(38-32-46)58-44-28-26-24-22-20-18-16-14-12-10-8-6-2/h29-40H,5-28,41-44H2,1-4H3/t52-,53-/m0/s1. The van der Waals surface area contributed by atoms with E-state index in [4.69, 9.17) is 14.2 Å². The SMILES string of the molecule is CCCCCCCCCCCCCCOc1ccc(C(=O)Oc2ccc([C@]3(C)CC[C@@](C)(c4ccc(OCCCCCCCCCCCCCC)cc4)N3[O])cc2)cc1. The molecule has 0 aromatic heterocycles. The number of rotatable bonds is 32. The van der Waals surface area contributed by atoms with Crippen LogP contribution in [-0.2, 0) is 16.3 Å². The Hall–Kier alpha value is -3.35. The van der Waals surface area contributed by atoms with Gasteiger partial charge in [-0.1, -0.05) is 179 Å². The highest BCUT2D eigenvalue weighted by atomic mass is 16.5. The summed E-state index contributed by atoms with van der Waals surface area (Å²) in [6, 6.07) is 22.7. The van der Waals surface area contributed by atoms with Gasteiger partial charge >= 0.3 is 5.97 Å². The van der Waals surface area contributed by atoms with Gasteiger partial charge in [-0.25, -0.2) is 4.79 Å². The lowest BCUT2D eigenvalue weighted by molar-refractivity contribution is -0.260. The van der Waals surface area contributed by atoms with Gasteiger partial charge in [0.25, 0.3) is 0 Å². The van der Waals surface area contributed by atoms with Gasteiger partial charge in [-0.2, -0.15) is 0 Å². The monoisotopic (exact) mass is 811 g/mol. The number of hydrogen-bond donors (Lipinski definition) is 0. The molecule has 1 aliphatic rings. The van der Waals surface area contributed by atoms with Crippen molar-refractivity contribution in [3.05, 3.63) is 89.5 Å². The third-order valence-corrected chi connectivity index (χ3v) is 12.8. The summed E-state index contributed by atoms with van der Waals surface area (Å²) < 4.78 is 17.7. The van der Waals surface area contributed by atoms with Crippen molar-refractivity contribution in [2.75, 3.05) is 13.2 Å². The lowest BCUT2D eigenvalue weighted by atomic mass is 9.89. The first-order chi connectivity index (χ1) is 28.8. The Bertz CT molecular complexity index is 1540. The first-order valence-electron chi connectivity index (χ1n) is 24.1. The largest absolute Gasteiger partial charge is 0.494 e. The number of hydroxylamine groups is 2. The fourth-order valence-electron chi connectivity index (χ4n) is 8.67. The van der Waals surface area contributed by atoms with Gasteiger partial charge in [0.1, 0.15) is 17.2 Å². The van der Waals surface area contributed by atoms with Crippen molar-refractivity contribution in [3.8, 4) is 17.2 Å². The maximum Gasteiger partial charge on any atom is 0.343 e. The Morgan fingerprint density at radius 3 is 1.12 bits per heavy atom. The number of hydrogen-bond acceptors (Lipinski definition) is 5. The van der Waals surface area contributed by atoms with Crippen LogP contribution in [0.1, 0.15) is 216 Å². The maximum absolute atomic E-state index is 14.1. The van der Waals surface area contributed by atoms with Crippen molar-refractivity contribution in [2.24, 2.45) is 0 Å². The minimum Gasteiger partial charge on any atom is -0.494 e. The van der Waals surface area contributed by atoms with Gasteiger partial charge < -0.3 is 14.2 Å². The summed E-state index contributed by atoms with van der Waals surface area (Å²) in [5.74, 6) is 1.66. The smallest absolute Gasteiger partial charge is 0.343 e. The molecule has 6 heteroatoms. The van der Waals surface area contributed by atoms with Gasteiger partial charge in [-0.05, 0) is 99.2 Å². The second-order valence-corrected chi connectivity index (χ2v) is 17.8. The molecule has 6 nitrogen and oxygen atoms in total. The molecule has 2 atom stereocenters. The zero-order valence-corrected chi connectivity index (χ0v) is 37.7. The van der Waals surface area contributed by atoms with E-state index in [0.29, 0.717) is 17.9 Å². The highest BCUT2D eigenvalue weighted by Gasteiger charge is 2.52. The van der Waals surface area contributed by atoms with Crippen LogP contribution in [0, 0.1) is 0 Å². The van der Waals surface area contributed by atoms with Crippen LogP contribution in [0.15, 0.2) is 72.8 Å². The van der Waals surface area contributed by atoms with Crippen molar-refractivity contribution in [2.45, 2.75) is 206 Å². The van der Waals surface area contributed by atoms with Gasteiger partial charge in [-0.15, -0.1) is 10.3 Å². The zero-order chi connectivity index (χ0) is 42.0. The zero-order valence-electron chi connectivity index (χ0n) is 37.7. The molecule has 59 heavy (non-hydrogen) atoms. The minimum absolute atomic E-state index is 0.420. The van der Waals surface area contributed by atoms with E-state index in [1.54, 1.807) is 24.3 Å². The molecule has 0 N–H and O–H groups in total. The molecule has 1 radical (unpaired) electrons. The van der Waals surface area contributed by atoms with Gasteiger partial charge in [0.15, 0.2) is 0 Å². The number of esters is 1. The average Bonchev–Trinajstić information content (AvgIpc) is 3.50. The van der Waals surface area contributed by atoms with Gasteiger partial charge in [0.05, 0.1) is 29.9 Å². The van der Waals surface area contributed by atoms with Crippen LogP contribution in [0.3, 0.4) is 0 Å². The van der Waals surface area contributed by atoms with Crippen LogP contribution >= 0.6 is 0 Å². The Kier molecular flexibility index (Phi) is 22.5. The van der Waals surface area contributed by atoms with Crippen molar-refractivity contribution in [1.82, 2.24) is 5.06 Å². The highest BCUT2D eigenvalue weighted by molar-refractivity contribution is 5.91. The second kappa shape index (κ2) is 27.5. The molecule has 3 aromatic rings. The van der Waals surface area contributed by atoms with E-state index in [0.717, 1.165) is 54.9 Å². The fraction of sp³-hybridized carbons (Fsp3) is 0.642. The molecule has 1 saturated heterocycles. The van der Waals surface area contributed by atoms with Crippen molar-refractivity contribution < 1.29 is 24.2 Å². The highest BCUT2D eigenvalue weighted by Crippen LogP contribution is 2.51.